The monoisotopic (exact) mass is 344 g/mol. The van der Waals surface area contributed by atoms with E-state index in [1.807, 2.05) is 18.2 Å². The molecule has 0 aromatic heterocycles. The first-order chi connectivity index (χ1) is 12.2. The van der Waals surface area contributed by atoms with Crippen LogP contribution < -0.4 is 15.5 Å². The molecule has 1 amide bonds. The molecular formula is C19H28N4O2. The Morgan fingerprint density at radius 3 is 2.72 bits per heavy atom. The van der Waals surface area contributed by atoms with E-state index in [0.717, 1.165) is 51.3 Å². The second-order valence-corrected chi connectivity index (χ2v) is 7.53. The zero-order valence-electron chi connectivity index (χ0n) is 14.7. The van der Waals surface area contributed by atoms with Crippen LogP contribution in [0.15, 0.2) is 24.3 Å². The van der Waals surface area contributed by atoms with Crippen molar-refractivity contribution in [2.75, 3.05) is 37.6 Å². The third-order valence-corrected chi connectivity index (χ3v) is 5.84. The number of anilines is 1. The maximum absolute atomic E-state index is 12.3. The predicted octanol–water partition coefficient (Wildman–Crippen LogP) is 1.12. The van der Waals surface area contributed by atoms with E-state index in [0.29, 0.717) is 11.8 Å². The van der Waals surface area contributed by atoms with Gasteiger partial charge in [0.05, 0.1) is 12.1 Å². The standard InChI is InChI=1S/C19H28N4O2/c24-15-5-3-4-14(12-15)23-10-8-22(9-11-23)13-18-20-17-7-2-1-6-16(17)19(25)21-18/h3-5,12,16-18,20,24H,1-2,6-11,13H2,(H,21,25). The molecule has 25 heavy (non-hydrogen) atoms. The predicted molar refractivity (Wildman–Crippen MR) is 97.6 cm³/mol. The first-order valence-electron chi connectivity index (χ1n) is 9.52. The third kappa shape index (κ3) is 3.75. The number of phenolic OH excluding ortho intramolecular Hbond substituents is 1. The Kier molecular flexibility index (Phi) is 4.81. The highest BCUT2D eigenvalue weighted by Gasteiger charge is 2.37. The van der Waals surface area contributed by atoms with Crippen molar-refractivity contribution in [2.24, 2.45) is 5.92 Å². The Morgan fingerprint density at radius 1 is 1.12 bits per heavy atom. The lowest BCUT2D eigenvalue weighted by atomic mass is 9.82. The fourth-order valence-corrected chi connectivity index (χ4v) is 4.46. The van der Waals surface area contributed by atoms with Gasteiger partial charge in [-0.15, -0.1) is 0 Å². The van der Waals surface area contributed by atoms with E-state index in [-0.39, 0.29) is 18.0 Å². The zero-order chi connectivity index (χ0) is 17.2. The van der Waals surface area contributed by atoms with Gasteiger partial charge in [0.2, 0.25) is 5.91 Å². The summed E-state index contributed by atoms with van der Waals surface area (Å²) in [7, 11) is 0. The molecule has 1 aliphatic carbocycles. The summed E-state index contributed by atoms with van der Waals surface area (Å²) in [6.45, 7) is 4.69. The number of nitrogens with zero attached hydrogens (tertiary/aromatic N) is 2. The number of amides is 1. The molecule has 3 aliphatic rings. The molecule has 3 unspecified atom stereocenters. The molecule has 1 aromatic rings. The van der Waals surface area contributed by atoms with E-state index in [9.17, 15) is 9.90 Å². The third-order valence-electron chi connectivity index (χ3n) is 5.84. The lowest BCUT2D eigenvalue weighted by molar-refractivity contribution is -0.131. The first-order valence-corrected chi connectivity index (χ1v) is 9.52. The lowest BCUT2D eigenvalue weighted by Gasteiger charge is -2.43. The van der Waals surface area contributed by atoms with Crippen LogP contribution in [0.25, 0.3) is 0 Å². The fourth-order valence-electron chi connectivity index (χ4n) is 4.46. The normalized spacial score (nSPS) is 30.6. The number of rotatable bonds is 3. The Bertz CT molecular complexity index is 615. The van der Waals surface area contributed by atoms with Gasteiger partial charge in [-0.05, 0) is 25.0 Å². The SMILES string of the molecule is O=C1NC(CN2CCN(c3cccc(O)c3)CC2)NC2CCCCC12. The minimum absolute atomic E-state index is 0.0687. The van der Waals surface area contributed by atoms with Crippen LogP contribution in [0.4, 0.5) is 5.69 Å². The average Bonchev–Trinajstić information content (AvgIpc) is 2.62. The Morgan fingerprint density at radius 2 is 1.92 bits per heavy atom. The van der Waals surface area contributed by atoms with Crippen molar-refractivity contribution < 1.29 is 9.90 Å². The summed E-state index contributed by atoms with van der Waals surface area (Å²) in [5.41, 5.74) is 1.08. The molecule has 2 aliphatic heterocycles. The Labute approximate surface area is 149 Å². The number of nitrogens with one attached hydrogen (secondary N) is 2. The molecule has 0 bridgehead atoms. The summed E-state index contributed by atoms with van der Waals surface area (Å²) < 4.78 is 0. The van der Waals surface area contributed by atoms with Crippen molar-refractivity contribution in [3.63, 3.8) is 0 Å². The molecule has 4 rings (SSSR count). The first kappa shape index (κ1) is 16.7. The van der Waals surface area contributed by atoms with Crippen LogP contribution in [0.2, 0.25) is 0 Å². The van der Waals surface area contributed by atoms with Crippen molar-refractivity contribution in [2.45, 2.75) is 37.9 Å². The second kappa shape index (κ2) is 7.22. The molecule has 3 atom stereocenters. The summed E-state index contributed by atoms with van der Waals surface area (Å²) >= 11 is 0. The van der Waals surface area contributed by atoms with Gasteiger partial charge in [0.25, 0.3) is 0 Å². The van der Waals surface area contributed by atoms with E-state index < -0.39 is 0 Å². The van der Waals surface area contributed by atoms with E-state index in [4.69, 9.17) is 0 Å². The summed E-state index contributed by atoms with van der Waals surface area (Å²) in [6.07, 6.45) is 4.63. The minimum Gasteiger partial charge on any atom is -0.508 e. The number of aromatic hydroxyl groups is 1. The number of piperazine rings is 1. The molecule has 3 fully saturated rings. The van der Waals surface area contributed by atoms with Crippen LogP contribution in [0.1, 0.15) is 25.7 Å². The van der Waals surface area contributed by atoms with Crippen LogP contribution in [0.3, 0.4) is 0 Å². The summed E-state index contributed by atoms with van der Waals surface area (Å²) in [4.78, 5) is 17.1. The summed E-state index contributed by atoms with van der Waals surface area (Å²) in [6, 6.07) is 7.82. The minimum atomic E-state index is 0.0687. The van der Waals surface area contributed by atoms with E-state index >= 15 is 0 Å². The Balaban J connectivity index is 1.29. The van der Waals surface area contributed by atoms with Crippen LogP contribution in [0.5, 0.6) is 5.75 Å². The highest BCUT2D eigenvalue weighted by Crippen LogP contribution is 2.27. The van der Waals surface area contributed by atoms with Crippen molar-refractivity contribution in [3.8, 4) is 5.75 Å². The molecule has 0 spiro atoms. The van der Waals surface area contributed by atoms with Gasteiger partial charge in [0, 0.05) is 50.5 Å². The van der Waals surface area contributed by atoms with Crippen LogP contribution in [-0.4, -0.2) is 60.8 Å². The van der Waals surface area contributed by atoms with Crippen LogP contribution in [-0.2, 0) is 4.79 Å². The van der Waals surface area contributed by atoms with E-state index in [1.165, 1.54) is 12.8 Å². The molecular weight excluding hydrogens is 316 g/mol. The molecule has 1 saturated carbocycles. The van der Waals surface area contributed by atoms with Gasteiger partial charge in [-0.1, -0.05) is 18.9 Å². The number of carbonyl (C=O) groups is 1. The fraction of sp³-hybridized carbons (Fsp3) is 0.632. The van der Waals surface area contributed by atoms with Gasteiger partial charge in [0.1, 0.15) is 5.75 Å². The molecule has 2 heterocycles. The molecule has 0 radical (unpaired) electrons. The van der Waals surface area contributed by atoms with Crippen LogP contribution >= 0.6 is 0 Å². The molecule has 1 aromatic carbocycles. The number of hydrogen-bond acceptors (Lipinski definition) is 5. The highest BCUT2D eigenvalue weighted by atomic mass is 16.3. The van der Waals surface area contributed by atoms with E-state index in [2.05, 4.69) is 20.4 Å². The molecule has 6 heteroatoms. The molecule has 6 nitrogen and oxygen atoms in total. The molecule has 2 saturated heterocycles. The summed E-state index contributed by atoms with van der Waals surface area (Å²) in [5, 5.41) is 16.5. The van der Waals surface area contributed by atoms with E-state index in [1.54, 1.807) is 6.07 Å². The van der Waals surface area contributed by atoms with Crippen LogP contribution in [0, 0.1) is 5.92 Å². The molecule has 3 N–H and O–H groups in total. The van der Waals surface area contributed by atoms with Gasteiger partial charge in [-0.3, -0.25) is 15.0 Å². The average molecular weight is 344 g/mol. The summed E-state index contributed by atoms with van der Waals surface area (Å²) in [5.74, 6) is 0.732. The topological polar surface area (TPSA) is 67.8 Å². The zero-order valence-corrected chi connectivity index (χ0v) is 14.7. The smallest absolute Gasteiger partial charge is 0.225 e. The van der Waals surface area contributed by atoms with Gasteiger partial charge in [0.15, 0.2) is 0 Å². The maximum Gasteiger partial charge on any atom is 0.225 e. The van der Waals surface area contributed by atoms with Crippen molar-refractivity contribution in [3.05, 3.63) is 24.3 Å². The van der Waals surface area contributed by atoms with Gasteiger partial charge < -0.3 is 15.3 Å². The number of hydrogen-bond donors (Lipinski definition) is 3. The highest BCUT2D eigenvalue weighted by molar-refractivity contribution is 5.80. The maximum atomic E-state index is 12.3. The number of carbonyl (C=O) groups excluding carboxylic acids is 1. The van der Waals surface area contributed by atoms with Crippen molar-refractivity contribution in [1.29, 1.82) is 0 Å². The van der Waals surface area contributed by atoms with Crippen molar-refractivity contribution in [1.82, 2.24) is 15.5 Å². The van der Waals surface area contributed by atoms with Gasteiger partial charge in [-0.2, -0.15) is 0 Å². The largest absolute Gasteiger partial charge is 0.508 e. The number of phenols is 1. The quantitative estimate of drug-likeness (QED) is 0.767. The Hall–Kier alpha value is -1.79. The number of fused-ring (bicyclic) bond motifs is 1. The lowest BCUT2D eigenvalue weighted by Crippen LogP contribution is -2.65. The van der Waals surface area contributed by atoms with Gasteiger partial charge in [-0.25, -0.2) is 0 Å². The van der Waals surface area contributed by atoms with Gasteiger partial charge >= 0.3 is 0 Å². The number of benzene rings is 1. The second-order valence-electron chi connectivity index (χ2n) is 7.53. The molecule has 136 valence electrons. The van der Waals surface area contributed by atoms with Crippen molar-refractivity contribution >= 4 is 11.6 Å².